The Balaban J connectivity index is 1.85. The van der Waals surface area contributed by atoms with Crippen LogP contribution in [0.3, 0.4) is 0 Å². The average Bonchev–Trinajstić information content (AvgIpc) is 3.52. The first kappa shape index (κ1) is 26.4. The molecule has 0 atom stereocenters. The Morgan fingerprint density at radius 3 is 2.54 bits per heavy atom. The maximum atomic E-state index is 13.7. The minimum absolute atomic E-state index is 0.0627. The number of nitrogen functional groups attached to an aromatic ring is 1. The van der Waals surface area contributed by atoms with Gasteiger partial charge in [-0.1, -0.05) is 26.0 Å². The van der Waals surface area contributed by atoms with E-state index in [4.69, 9.17) is 15.1 Å². The molecule has 10 heteroatoms. The van der Waals surface area contributed by atoms with Crippen molar-refractivity contribution in [3.8, 4) is 0 Å². The minimum Gasteiger partial charge on any atom is -0.472 e. The van der Waals surface area contributed by atoms with Crippen LogP contribution in [0.5, 0.6) is 0 Å². The largest absolute Gasteiger partial charge is 0.472 e. The molecule has 0 aliphatic carbocycles. The van der Waals surface area contributed by atoms with E-state index >= 15 is 0 Å². The fraction of sp³-hybridized carbons (Fsp3) is 0.444. The number of aryl methyl sites for hydroxylation is 2. The maximum Gasteiger partial charge on any atom is 0.332 e. The van der Waals surface area contributed by atoms with Crippen LogP contribution in [0.4, 0.5) is 5.69 Å². The number of aliphatic hydroxyl groups excluding tert-OH is 1. The number of aliphatic hydroxyl groups is 1. The monoisotopic (exact) mass is 508 g/mol. The quantitative estimate of drug-likeness (QED) is 0.265. The highest BCUT2D eigenvalue weighted by molar-refractivity contribution is 5.71. The fourth-order valence-corrected chi connectivity index (χ4v) is 4.71. The molecule has 0 amide bonds. The molecular weight excluding hydrogens is 472 g/mol. The highest BCUT2D eigenvalue weighted by Crippen LogP contribution is 2.17. The fourth-order valence-electron chi connectivity index (χ4n) is 4.71. The van der Waals surface area contributed by atoms with Crippen molar-refractivity contribution in [3.63, 3.8) is 0 Å². The van der Waals surface area contributed by atoms with Crippen molar-refractivity contribution in [1.29, 1.82) is 0 Å². The van der Waals surface area contributed by atoms with Crippen molar-refractivity contribution < 1.29 is 9.52 Å². The summed E-state index contributed by atoms with van der Waals surface area (Å²) in [6.07, 6.45) is 4.97. The zero-order valence-electron chi connectivity index (χ0n) is 21.6. The summed E-state index contributed by atoms with van der Waals surface area (Å²) in [5, 5.41) is 9.43. The van der Waals surface area contributed by atoms with Gasteiger partial charge in [-0.2, -0.15) is 0 Å². The summed E-state index contributed by atoms with van der Waals surface area (Å²) in [5.74, 6) is 0.694. The zero-order valence-corrected chi connectivity index (χ0v) is 21.6. The number of nitrogens with zero attached hydrogens (tertiary/aromatic N) is 5. The van der Waals surface area contributed by atoms with Crippen molar-refractivity contribution in [2.45, 2.75) is 52.7 Å². The third kappa shape index (κ3) is 5.86. The normalized spacial score (nSPS) is 11.7. The lowest BCUT2D eigenvalue weighted by Gasteiger charge is -2.20. The molecule has 10 nitrogen and oxygen atoms in total. The van der Waals surface area contributed by atoms with Gasteiger partial charge >= 0.3 is 5.69 Å². The first-order valence-corrected chi connectivity index (χ1v) is 12.9. The van der Waals surface area contributed by atoms with Gasteiger partial charge in [-0.3, -0.25) is 18.8 Å². The molecule has 3 heterocycles. The molecular formula is C27H36N6O4. The molecule has 0 unspecified atom stereocenters. The SMILES string of the molecule is CCCn1c(=O)c2c(nc(Cc3ccoc3)n2CCN(CC)CCO)n(CCc2cccc(N)c2)c1=O. The van der Waals surface area contributed by atoms with Crippen LogP contribution in [-0.2, 0) is 32.5 Å². The second kappa shape index (κ2) is 12.1. The van der Waals surface area contributed by atoms with Gasteiger partial charge in [0.1, 0.15) is 5.82 Å². The molecule has 3 N–H and O–H groups in total. The smallest absolute Gasteiger partial charge is 0.332 e. The van der Waals surface area contributed by atoms with Crippen LogP contribution in [0, 0.1) is 0 Å². The van der Waals surface area contributed by atoms with Gasteiger partial charge in [-0.25, -0.2) is 9.78 Å². The number of nitrogens with two attached hydrogens (primary N) is 1. The highest BCUT2D eigenvalue weighted by Gasteiger charge is 2.22. The number of aromatic nitrogens is 4. The van der Waals surface area contributed by atoms with Gasteiger partial charge in [-0.15, -0.1) is 0 Å². The lowest BCUT2D eigenvalue weighted by Crippen LogP contribution is -2.41. The van der Waals surface area contributed by atoms with Crippen molar-refractivity contribution in [3.05, 3.63) is 80.6 Å². The standard InChI is InChI=1S/C27H36N6O4/c1-3-10-33-26(35)24-25(32(27(33)36)11-8-20-6-5-7-22(28)17-20)29-23(18-21-9-16-37-19-21)31(24)13-12-30(4-2)14-15-34/h5-7,9,16-17,19,34H,3-4,8,10-15,18,28H2,1-2H3. The average molecular weight is 509 g/mol. The number of imidazole rings is 1. The lowest BCUT2D eigenvalue weighted by molar-refractivity contribution is 0.197. The number of fused-ring (bicyclic) bond motifs is 1. The van der Waals surface area contributed by atoms with Crippen LogP contribution in [0.25, 0.3) is 11.2 Å². The Labute approximate surface area is 215 Å². The first-order chi connectivity index (χ1) is 18.0. The number of likely N-dealkylation sites (N-methyl/N-ethyl adjacent to an activating group) is 1. The third-order valence-electron chi connectivity index (χ3n) is 6.66. The molecule has 198 valence electrons. The molecule has 0 aliphatic rings. The number of anilines is 1. The number of furan rings is 1. The van der Waals surface area contributed by atoms with Crippen molar-refractivity contribution in [1.82, 2.24) is 23.6 Å². The summed E-state index contributed by atoms with van der Waals surface area (Å²) < 4.78 is 10.1. The molecule has 3 aromatic heterocycles. The van der Waals surface area contributed by atoms with Gasteiger partial charge in [0.25, 0.3) is 5.56 Å². The van der Waals surface area contributed by atoms with Gasteiger partial charge in [-0.05, 0) is 48.7 Å². The summed E-state index contributed by atoms with van der Waals surface area (Å²) in [7, 11) is 0. The van der Waals surface area contributed by atoms with Crippen molar-refractivity contribution >= 4 is 16.9 Å². The summed E-state index contributed by atoms with van der Waals surface area (Å²) in [6.45, 7) is 7.21. The summed E-state index contributed by atoms with van der Waals surface area (Å²) in [4.78, 5) is 34.2. The molecule has 4 aromatic rings. The Morgan fingerprint density at radius 2 is 1.86 bits per heavy atom. The van der Waals surface area contributed by atoms with Gasteiger partial charge in [0.15, 0.2) is 11.2 Å². The van der Waals surface area contributed by atoms with Crippen LogP contribution in [0.1, 0.15) is 37.2 Å². The molecule has 0 spiro atoms. The zero-order chi connectivity index (χ0) is 26.4. The number of hydrogen-bond acceptors (Lipinski definition) is 7. The molecule has 4 rings (SSSR count). The third-order valence-corrected chi connectivity index (χ3v) is 6.66. The van der Waals surface area contributed by atoms with Crippen LogP contribution in [-0.4, -0.2) is 54.9 Å². The van der Waals surface area contributed by atoms with Crippen LogP contribution >= 0.6 is 0 Å². The number of benzene rings is 1. The van der Waals surface area contributed by atoms with Crippen LogP contribution in [0.2, 0.25) is 0 Å². The Hall–Kier alpha value is -3.63. The highest BCUT2D eigenvalue weighted by atomic mass is 16.3. The predicted octanol–water partition coefficient (Wildman–Crippen LogP) is 2.09. The van der Waals surface area contributed by atoms with Gasteiger partial charge < -0.3 is 19.8 Å². The summed E-state index contributed by atoms with van der Waals surface area (Å²) in [6, 6.07) is 9.47. The van der Waals surface area contributed by atoms with E-state index in [-0.39, 0.29) is 17.9 Å². The molecule has 37 heavy (non-hydrogen) atoms. The Kier molecular flexibility index (Phi) is 8.62. The maximum absolute atomic E-state index is 13.7. The van der Waals surface area contributed by atoms with E-state index in [1.54, 1.807) is 17.1 Å². The van der Waals surface area contributed by atoms with E-state index in [1.165, 1.54) is 4.57 Å². The van der Waals surface area contributed by atoms with Crippen LogP contribution < -0.4 is 17.0 Å². The second-order valence-corrected chi connectivity index (χ2v) is 9.20. The van der Waals surface area contributed by atoms with E-state index < -0.39 is 0 Å². The predicted molar refractivity (Wildman–Crippen MR) is 144 cm³/mol. The molecule has 0 saturated heterocycles. The van der Waals surface area contributed by atoms with Crippen molar-refractivity contribution in [2.24, 2.45) is 0 Å². The topological polar surface area (TPSA) is 124 Å². The van der Waals surface area contributed by atoms with Crippen molar-refractivity contribution in [2.75, 3.05) is 32.0 Å². The van der Waals surface area contributed by atoms with Gasteiger partial charge in [0.2, 0.25) is 0 Å². The molecule has 0 aliphatic heterocycles. The van der Waals surface area contributed by atoms with E-state index in [0.29, 0.717) is 74.7 Å². The number of rotatable bonds is 13. The van der Waals surface area contributed by atoms with Gasteiger partial charge in [0, 0.05) is 44.8 Å². The van der Waals surface area contributed by atoms with E-state index in [0.717, 1.165) is 17.7 Å². The minimum atomic E-state index is -0.349. The van der Waals surface area contributed by atoms with E-state index in [1.807, 2.05) is 48.7 Å². The summed E-state index contributed by atoms with van der Waals surface area (Å²) >= 11 is 0. The molecule has 0 radical (unpaired) electrons. The van der Waals surface area contributed by atoms with E-state index in [9.17, 15) is 14.7 Å². The van der Waals surface area contributed by atoms with Crippen LogP contribution in [0.15, 0.2) is 56.9 Å². The molecule has 1 aromatic carbocycles. The summed E-state index contributed by atoms with van der Waals surface area (Å²) in [5.41, 5.74) is 8.72. The Bertz CT molecular complexity index is 1430. The van der Waals surface area contributed by atoms with Gasteiger partial charge in [0.05, 0.1) is 19.1 Å². The Morgan fingerprint density at radius 1 is 1.03 bits per heavy atom. The second-order valence-electron chi connectivity index (χ2n) is 9.20. The molecule has 0 bridgehead atoms. The first-order valence-electron chi connectivity index (χ1n) is 12.9. The number of hydrogen-bond donors (Lipinski definition) is 2. The molecule has 0 fully saturated rings. The molecule has 0 saturated carbocycles. The lowest BCUT2D eigenvalue weighted by atomic mass is 10.1. The van der Waals surface area contributed by atoms with E-state index in [2.05, 4.69) is 4.90 Å².